The van der Waals surface area contributed by atoms with Gasteiger partial charge in [-0.3, -0.25) is 9.35 Å². The average molecular weight is 334 g/mol. The maximum absolute atomic E-state index is 11.9. The molecule has 1 amide bonds. The minimum Gasteiger partial charge on any atom is -0.312 e. The van der Waals surface area contributed by atoms with E-state index in [1.807, 2.05) is 0 Å². The fraction of sp³-hybridized carbons (Fsp3) is 0.364. The molecule has 1 fully saturated rings. The molecule has 116 valence electrons. The second kappa shape index (κ2) is 5.37. The average Bonchev–Trinajstić information content (AvgIpc) is 2.67. The predicted molar refractivity (Wildman–Crippen MR) is 74.7 cm³/mol. The Bertz CT molecular complexity index is 772. The SMILES string of the molecule is NS(=O)(=O)CC1CC(=O)N(c2cccc(S(=O)(=O)O)c2)C1. The van der Waals surface area contributed by atoms with Gasteiger partial charge < -0.3 is 4.90 Å². The topological polar surface area (TPSA) is 135 Å². The van der Waals surface area contributed by atoms with Gasteiger partial charge in [-0.15, -0.1) is 0 Å². The highest BCUT2D eigenvalue weighted by atomic mass is 32.2. The molecule has 0 spiro atoms. The molecule has 1 aromatic rings. The van der Waals surface area contributed by atoms with Crippen LogP contribution in [-0.4, -0.2) is 39.6 Å². The summed E-state index contributed by atoms with van der Waals surface area (Å²) in [4.78, 5) is 12.9. The van der Waals surface area contributed by atoms with Gasteiger partial charge in [0, 0.05) is 24.6 Å². The van der Waals surface area contributed by atoms with E-state index >= 15 is 0 Å². The first-order valence-corrected chi connectivity index (χ1v) is 9.10. The van der Waals surface area contributed by atoms with E-state index in [0.717, 1.165) is 6.07 Å². The number of carbonyl (C=O) groups is 1. The lowest BCUT2D eigenvalue weighted by Crippen LogP contribution is -2.27. The maximum atomic E-state index is 11.9. The van der Waals surface area contributed by atoms with Gasteiger partial charge in [0.2, 0.25) is 15.9 Å². The summed E-state index contributed by atoms with van der Waals surface area (Å²) in [6, 6.07) is 5.25. The van der Waals surface area contributed by atoms with Crippen LogP contribution in [0.5, 0.6) is 0 Å². The van der Waals surface area contributed by atoms with E-state index in [1.54, 1.807) is 0 Å². The molecular weight excluding hydrogens is 320 g/mol. The monoisotopic (exact) mass is 334 g/mol. The molecule has 0 radical (unpaired) electrons. The van der Waals surface area contributed by atoms with Crippen molar-refractivity contribution in [2.24, 2.45) is 11.1 Å². The summed E-state index contributed by atoms with van der Waals surface area (Å²) in [5, 5.41) is 4.96. The molecule has 3 N–H and O–H groups in total. The van der Waals surface area contributed by atoms with Crippen LogP contribution in [0.15, 0.2) is 29.2 Å². The molecule has 0 aliphatic carbocycles. The molecule has 10 heteroatoms. The molecule has 0 bridgehead atoms. The maximum Gasteiger partial charge on any atom is 0.294 e. The quantitative estimate of drug-likeness (QED) is 0.718. The minimum atomic E-state index is -4.37. The van der Waals surface area contributed by atoms with Gasteiger partial charge in [-0.05, 0) is 18.2 Å². The third-order valence-corrected chi connectivity index (χ3v) is 4.89. The van der Waals surface area contributed by atoms with Crippen molar-refractivity contribution in [1.29, 1.82) is 0 Å². The summed E-state index contributed by atoms with van der Waals surface area (Å²) >= 11 is 0. The first-order chi connectivity index (χ1) is 9.56. The third kappa shape index (κ3) is 4.00. The zero-order valence-electron chi connectivity index (χ0n) is 10.8. The van der Waals surface area contributed by atoms with Gasteiger partial charge in [0.05, 0.1) is 10.6 Å². The molecule has 1 unspecified atom stereocenters. The smallest absolute Gasteiger partial charge is 0.294 e. The molecule has 2 rings (SSSR count). The van der Waals surface area contributed by atoms with Gasteiger partial charge in [-0.1, -0.05) is 6.07 Å². The Morgan fingerprint density at radius 2 is 1.95 bits per heavy atom. The van der Waals surface area contributed by atoms with Crippen molar-refractivity contribution in [3.63, 3.8) is 0 Å². The summed E-state index contributed by atoms with van der Waals surface area (Å²) in [7, 11) is -8.05. The highest BCUT2D eigenvalue weighted by Gasteiger charge is 2.33. The lowest BCUT2D eigenvalue weighted by atomic mass is 10.1. The molecule has 1 saturated heterocycles. The Morgan fingerprint density at radius 3 is 2.52 bits per heavy atom. The lowest BCUT2D eigenvalue weighted by Gasteiger charge is -2.17. The number of benzene rings is 1. The summed E-state index contributed by atoms with van der Waals surface area (Å²) in [6.07, 6.45) is 0.0204. The highest BCUT2D eigenvalue weighted by molar-refractivity contribution is 7.89. The fourth-order valence-electron chi connectivity index (χ4n) is 2.28. The second-order valence-electron chi connectivity index (χ2n) is 4.88. The zero-order valence-corrected chi connectivity index (χ0v) is 12.5. The largest absolute Gasteiger partial charge is 0.312 e. The molecule has 8 nitrogen and oxygen atoms in total. The second-order valence-corrected chi connectivity index (χ2v) is 7.96. The van der Waals surface area contributed by atoms with E-state index in [-0.39, 0.29) is 35.2 Å². The van der Waals surface area contributed by atoms with E-state index in [4.69, 9.17) is 9.69 Å². The van der Waals surface area contributed by atoms with Crippen molar-refractivity contribution in [3.05, 3.63) is 24.3 Å². The molecule has 0 aromatic heterocycles. The Labute approximate surface area is 122 Å². The molecule has 1 aromatic carbocycles. The molecule has 0 saturated carbocycles. The van der Waals surface area contributed by atoms with Gasteiger partial charge in [0.25, 0.3) is 10.1 Å². The lowest BCUT2D eigenvalue weighted by molar-refractivity contribution is -0.117. The van der Waals surface area contributed by atoms with Crippen molar-refractivity contribution in [2.75, 3.05) is 17.2 Å². The van der Waals surface area contributed by atoms with E-state index in [0.29, 0.717) is 0 Å². The number of carbonyl (C=O) groups excluding carboxylic acids is 1. The van der Waals surface area contributed by atoms with Crippen LogP contribution in [-0.2, 0) is 24.9 Å². The summed E-state index contributed by atoms with van der Waals surface area (Å²) in [5.74, 6) is -1.08. The van der Waals surface area contributed by atoms with Crippen LogP contribution in [0.1, 0.15) is 6.42 Å². The van der Waals surface area contributed by atoms with Crippen molar-refractivity contribution in [1.82, 2.24) is 0 Å². The number of anilines is 1. The molecule has 1 aliphatic rings. The number of sulfonamides is 1. The number of hydrogen-bond donors (Lipinski definition) is 2. The number of nitrogens with zero attached hydrogens (tertiary/aromatic N) is 1. The van der Waals surface area contributed by atoms with Crippen LogP contribution in [0.25, 0.3) is 0 Å². The van der Waals surface area contributed by atoms with Crippen LogP contribution in [0.3, 0.4) is 0 Å². The number of hydrogen-bond acceptors (Lipinski definition) is 5. The number of amides is 1. The molecule has 1 atom stereocenters. The van der Waals surface area contributed by atoms with Crippen molar-refractivity contribution in [2.45, 2.75) is 11.3 Å². The Hall–Kier alpha value is -1.49. The van der Waals surface area contributed by atoms with Crippen LogP contribution in [0, 0.1) is 5.92 Å². The van der Waals surface area contributed by atoms with Crippen molar-refractivity contribution >= 4 is 31.7 Å². The van der Waals surface area contributed by atoms with Gasteiger partial charge >= 0.3 is 0 Å². The van der Waals surface area contributed by atoms with Crippen LogP contribution >= 0.6 is 0 Å². The zero-order chi connectivity index (χ0) is 15.8. The van der Waals surface area contributed by atoms with Gasteiger partial charge in [0.15, 0.2) is 0 Å². The predicted octanol–water partition coefficient (Wildman–Crippen LogP) is -0.425. The van der Waals surface area contributed by atoms with Crippen LogP contribution < -0.4 is 10.0 Å². The van der Waals surface area contributed by atoms with Gasteiger partial charge in [-0.25, -0.2) is 13.6 Å². The van der Waals surface area contributed by atoms with Crippen molar-refractivity contribution < 1.29 is 26.2 Å². The van der Waals surface area contributed by atoms with E-state index in [1.165, 1.54) is 23.1 Å². The Balaban J connectivity index is 2.25. The van der Waals surface area contributed by atoms with Gasteiger partial charge in [-0.2, -0.15) is 8.42 Å². The van der Waals surface area contributed by atoms with Gasteiger partial charge in [0.1, 0.15) is 0 Å². The fourth-order valence-corrected chi connectivity index (χ4v) is 3.68. The number of rotatable bonds is 4. The summed E-state index contributed by atoms with van der Waals surface area (Å²) in [6.45, 7) is 0.129. The first-order valence-electron chi connectivity index (χ1n) is 5.94. The van der Waals surface area contributed by atoms with E-state index in [2.05, 4.69) is 0 Å². The molecule has 1 heterocycles. The first kappa shape index (κ1) is 15.9. The highest BCUT2D eigenvalue weighted by Crippen LogP contribution is 2.27. The number of primary sulfonamides is 1. The minimum absolute atomic E-state index is 0.0204. The van der Waals surface area contributed by atoms with E-state index < -0.39 is 26.1 Å². The molecule has 21 heavy (non-hydrogen) atoms. The third-order valence-electron chi connectivity index (χ3n) is 3.10. The van der Waals surface area contributed by atoms with E-state index in [9.17, 15) is 21.6 Å². The molecule has 1 aliphatic heterocycles. The van der Waals surface area contributed by atoms with Crippen LogP contribution in [0.4, 0.5) is 5.69 Å². The Kier molecular flexibility index (Phi) is 4.06. The van der Waals surface area contributed by atoms with Crippen molar-refractivity contribution in [3.8, 4) is 0 Å². The Morgan fingerprint density at radius 1 is 1.29 bits per heavy atom. The van der Waals surface area contributed by atoms with Crippen LogP contribution in [0.2, 0.25) is 0 Å². The molecular formula is C11H14N2O6S2. The number of nitrogens with two attached hydrogens (primary N) is 1. The summed E-state index contributed by atoms with van der Waals surface area (Å²) in [5.41, 5.74) is 0.284. The summed E-state index contributed by atoms with van der Waals surface area (Å²) < 4.78 is 53.3. The normalized spacial score (nSPS) is 20.0. The standard InChI is InChI=1S/C11H14N2O6S2/c12-20(15,16)7-8-4-11(14)13(6-8)9-2-1-3-10(5-9)21(17,18)19/h1-3,5,8H,4,6-7H2,(H2,12,15,16)(H,17,18,19).